The van der Waals surface area contributed by atoms with Gasteiger partial charge in [-0.3, -0.25) is 9.59 Å². The van der Waals surface area contributed by atoms with Crippen molar-refractivity contribution >= 4 is 45.5 Å². The Morgan fingerprint density at radius 2 is 1.93 bits per heavy atom. The van der Waals surface area contributed by atoms with Crippen LogP contribution in [-0.4, -0.2) is 16.9 Å². The molecule has 4 N–H and O–H groups in total. The van der Waals surface area contributed by atoms with Gasteiger partial charge in [-0.15, -0.1) is 11.3 Å². The number of nitrogens with one attached hydrogen (secondary N) is 2. The lowest BCUT2D eigenvalue weighted by molar-refractivity contribution is -0.119. The molecule has 0 saturated heterocycles. The Morgan fingerprint density at radius 3 is 2.55 bits per heavy atom. The lowest BCUT2D eigenvalue weighted by Crippen LogP contribution is -2.35. The molecule has 7 heteroatoms. The standard InChI is InChI=1S/C22H27N3O2S2/c1-22(2,3)14-9-10-15-16(12-14)29-20(18(15)19(23)27)25-21(28)24-17(26)11-13-7-5-4-6-8-13/h4-8,14H,9-12H2,1-3H3,(H2,23,27)(H2,24,25,26,28)/t14-/m0/s1. The van der Waals surface area contributed by atoms with Gasteiger partial charge in [-0.05, 0) is 53.9 Å². The van der Waals surface area contributed by atoms with Gasteiger partial charge in [0.25, 0.3) is 5.91 Å². The van der Waals surface area contributed by atoms with Gasteiger partial charge in [-0.2, -0.15) is 0 Å². The number of primary amides is 1. The monoisotopic (exact) mass is 429 g/mol. The summed E-state index contributed by atoms with van der Waals surface area (Å²) in [5.41, 5.74) is 8.34. The van der Waals surface area contributed by atoms with Crippen LogP contribution in [0.2, 0.25) is 0 Å². The smallest absolute Gasteiger partial charge is 0.251 e. The molecule has 1 aliphatic carbocycles. The number of hydrogen-bond acceptors (Lipinski definition) is 4. The number of fused-ring (bicyclic) bond motifs is 1. The zero-order valence-corrected chi connectivity index (χ0v) is 18.6. The van der Waals surface area contributed by atoms with Crippen LogP contribution in [0.3, 0.4) is 0 Å². The largest absolute Gasteiger partial charge is 0.365 e. The molecule has 2 amide bonds. The first kappa shape index (κ1) is 21.5. The molecule has 3 rings (SSSR count). The highest BCUT2D eigenvalue weighted by molar-refractivity contribution is 7.80. The number of amides is 2. The molecule has 1 atom stereocenters. The Bertz CT molecular complexity index is 930. The molecule has 0 bridgehead atoms. The number of thiophene rings is 1. The maximum Gasteiger partial charge on any atom is 0.251 e. The first-order valence-corrected chi connectivity index (χ1v) is 11.0. The normalized spacial score (nSPS) is 16.0. The zero-order valence-electron chi connectivity index (χ0n) is 17.0. The van der Waals surface area contributed by atoms with Crippen LogP contribution in [0.5, 0.6) is 0 Å². The van der Waals surface area contributed by atoms with Crippen molar-refractivity contribution in [3.63, 3.8) is 0 Å². The Kier molecular flexibility index (Phi) is 6.39. The van der Waals surface area contributed by atoms with Crippen molar-refractivity contribution in [3.05, 3.63) is 51.9 Å². The highest BCUT2D eigenvalue weighted by atomic mass is 32.1. The quantitative estimate of drug-likeness (QED) is 0.640. The van der Waals surface area contributed by atoms with E-state index in [1.807, 2.05) is 30.3 Å². The van der Waals surface area contributed by atoms with Crippen molar-refractivity contribution in [2.45, 2.75) is 46.5 Å². The first-order chi connectivity index (χ1) is 13.6. The second-order valence-corrected chi connectivity index (χ2v) is 10.1. The number of nitrogens with two attached hydrogens (primary N) is 1. The van der Waals surface area contributed by atoms with Gasteiger partial charge in [0.05, 0.1) is 12.0 Å². The fourth-order valence-electron chi connectivity index (χ4n) is 3.76. The minimum atomic E-state index is -0.461. The van der Waals surface area contributed by atoms with Crippen molar-refractivity contribution in [1.29, 1.82) is 0 Å². The number of rotatable bonds is 4. The average molecular weight is 430 g/mol. The van der Waals surface area contributed by atoms with Crippen molar-refractivity contribution < 1.29 is 9.59 Å². The second kappa shape index (κ2) is 8.63. The van der Waals surface area contributed by atoms with Gasteiger partial charge in [-0.25, -0.2) is 0 Å². The Labute approximate surface area is 181 Å². The van der Waals surface area contributed by atoms with Gasteiger partial charge >= 0.3 is 0 Å². The van der Waals surface area contributed by atoms with Crippen LogP contribution in [0.4, 0.5) is 5.00 Å². The van der Waals surface area contributed by atoms with Gasteiger partial charge in [0, 0.05) is 4.88 Å². The molecule has 0 saturated carbocycles. The average Bonchev–Trinajstić information content (AvgIpc) is 2.98. The molecule has 1 aromatic heterocycles. The Balaban J connectivity index is 1.72. The Morgan fingerprint density at radius 1 is 1.24 bits per heavy atom. The van der Waals surface area contributed by atoms with E-state index in [1.165, 1.54) is 16.2 Å². The van der Waals surface area contributed by atoms with Crippen molar-refractivity contribution in [2.75, 3.05) is 5.32 Å². The summed E-state index contributed by atoms with van der Waals surface area (Å²) in [5.74, 6) is -0.110. The van der Waals surface area contributed by atoms with Crippen LogP contribution in [0.25, 0.3) is 0 Å². The van der Waals surface area contributed by atoms with E-state index in [1.54, 1.807) is 0 Å². The first-order valence-electron chi connectivity index (χ1n) is 9.74. The van der Waals surface area contributed by atoms with E-state index in [-0.39, 0.29) is 22.9 Å². The third-order valence-electron chi connectivity index (χ3n) is 5.42. The lowest BCUT2D eigenvalue weighted by atomic mass is 9.72. The summed E-state index contributed by atoms with van der Waals surface area (Å²) in [5, 5.41) is 6.54. The van der Waals surface area contributed by atoms with Crippen LogP contribution >= 0.6 is 23.6 Å². The maximum atomic E-state index is 12.3. The van der Waals surface area contributed by atoms with Crippen molar-refractivity contribution in [2.24, 2.45) is 17.1 Å². The van der Waals surface area contributed by atoms with Crippen LogP contribution in [-0.2, 0) is 24.1 Å². The van der Waals surface area contributed by atoms with Crippen LogP contribution < -0.4 is 16.4 Å². The van der Waals surface area contributed by atoms with Gasteiger partial charge in [-0.1, -0.05) is 51.1 Å². The predicted molar refractivity (Wildman–Crippen MR) is 122 cm³/mol. The van der Waals surface area contributed by atoms with Crippen LogP contribution in [0.15, 0.2) is 30.3 Å². The van der Waals surface area contributed by atoms with E-state index >= 15 is 0 Å². The molecule has 0 radical (unpaired) electrons. The zero-order chi connectivity index (χ0) is 21.2. The lowest BCUT2D eigenvalue weighted by Gasteiger charge is -2.33. The number of thiocarbonyl (C=S) groups is 1. The fraction of sp³-hybridized carbons (Fsp3) is 0.409. The molecule has 2 aromatic rings. The second-order valence-electron chi connectivity index (χ2n) is 8.54. The minimum Gasteiger partial charge on any atom is -0.365 e. The van der Waals surface area contributed by atoms with Crippen LogP contribution in [0.1, 0.15) is 53.6 Å². The molecule has 154 valence electrons. The van der Waals surface area contributed by atoms with Gasteiger partial charge in [0.15, 0.2) is 5.11 Å². The van der Waals surface area contributed by atoms with Gasteiger partial charge < -0.3 is 16.4 Å². The third-order valence-corrected chi connectivity index (χ3v) is 6.80. The molecule has 0 unspecified atom stereocenters. The molecule has 0 aliphatic heterocycles. The molecule has 5 nitrogen and oxygen atoms in total. The number of anilines is 1. The van der Waals surface area contributed by atoms with E-state index < -0.39 is 5.91 Å². The number of carbonyl (C=O) groups is 2. The summed E-state index contributed by atoms with van der Waals surface area (Å²) in [7, 11) is 0. The van der Waals surface area contributed by atoms with E-state index in [9.17, 15) is 9.59 Å². The van der Waals surface area contributed by atoms with E-state index in [0.717, 1.165) is 30.4 Å². The SMILES string of the molecule is CC(C)(C)[C@H]1CCc2c(sc(NC(=S)NC(=O)Cc3ccccc3)c2C(N)=O)C1. The molecule has 0 fully saturated rings. The molecular formula is C22H27N3O2S2. The molecule has 1 aromatic carbocycles. The maximum absolute atomic E-state index is 12.3. The topological polar surface area (TPSA) is 84.2 Å². The van der Waals surface area contributed by atoms with E-state index in [4.69, 9.17) is 18.0 Å². The molecule has 0 spiro atoms. The third kappa shape index (κ3) is 5.22. The summed E-state index contributed by atoms with van der Waals surface area (Å²) in [4.78, 5) is 25.6. The summed E-state index contributed by atoms with van der Waals surface area (Å²) in [6, 6.07) is 9.46. The van der Waals surface area contributed by atoms with Crippen molar-refractivity contribution in [3.8, 4) is 0 Å². The summed E-state index contributed by atoms with van der Waals surface area (Å²) < 4.78 is 0. The summed E-state index contributed by atoms with van der Waals surface area (Å²) in [6.45, 7) is 6.76. The highest BCUT2D eigenvalue weighted by Gasteiger charge is 2.33. The highest BCUT2D eigenvalue weighted by Crippen LogP contribution is 2.44. The van der Waals surface area contributed by atoms with Gasteiger partial charge in [0.2, 0.25) is 5.91 Å². The summed E-state index contributed by atoms with van der Waals surface area (Å²) in [6.07, 6.45) is 3.03. The number of carbonyl (C=O) groups excluding carboxylic acids is 2. The fourth-order valence-corrected chi connectivity index (χ4v) is 5.38. The predicted octanol–water partition coefficient (Wildman–Crippen LogP) is 4.05. The van der Waals surface area contributed by atoms with E-state index in [0.29, 0.717) is 16.5 Å². The molecular weight excluding hydrogens is 402 g/mol. The van der Waals surface area contributed by atoms with Crippen molar-refractivity contribution in [1.82, 2.24) is 5.32 Å². The van der Waals surface area contributed by atoms with Crippen LogP contribution in [0, 0.1) is 11.3 Å². The Hall–Kier alpha value is -2.25. The van der Waals surface area contributed by atoms with Gasteiger partial charge in [0.1, 0.15) is 5.00 Å². The number of hydrogen-bond donors (Lipinski definition) is 3. The van der Waals surface area contributed by atoms with E-state index in [2.05, 4.69) is 31.4 Å². The minimum absolute atomic E-state index is 0.180. The molecule has 1 aliphatic rings. The molecule has 29 heavy (non-hydrogen) atoms. The number of benzene rings is 1. The molecule has 1 heterocycles. The summed E-state index contributed by atoms with van der Waals surface area (Å²) >= 11 is 6.83.